The highest BCUT2D eigenvalue weighted by atomic mass is 31.2. The highest BCUT2D eigenvalue weighted by Gasteiger charge is 2.49. The fraction of sp³-hybridized carbons (Fsp3) is 0.750. The fourth-order valence-corrected chi connectivity index (χ4v) is 10.0. The SMILES string of the molecule is CC[C@H](C)[C@@H]([C@@H](CC(=O)N1CCC[C@H]1[C@H](OC)[C@@H](C)C(=O)N[C@@H](Cc1ccccc1)P(=O)(O)O)OC)N(C)C(=O)[C@@H](NC(=O)[C@@H]1[C@H]2CC[C@H](C2)N1C)C(C)C. The number of nitrogens with one attached hydrogen (secondary N) is 2. The maximum Gasteiger partial charge on any atom is 0.347 e. The van der Waals surface area contributed by atoms with Crippen LogP contribution in [0.4, 0.5) is 0 Å². The number of fused-ring (bicyclic) bond motifs is 2. The number of hydrogen-bond acceptors (Lipinski definition) is 8. The molecule has 11 atom stereocenters. The number of carbonyl (C=O) groups excluding carboxylic acids is 4. The summed E-state index contributed by atoms with van der Waals surface area (Å²) < 4.78 is 24.3. The van der Waals surface area contributed by atoms with Gasteiger partial charge in [-0.2, -0.15) is 0 Å². The van der Waals surface area contributed by atoms with Crippen molar-refractivity contribution in [1.29, 1.82) is 0 Å². The molecule has 1 saturated carbocycles. The van der Waals surface area contributed by atoms with Gasteiger partial charge in [0.15, 0.2) is 0 Å². The summed E-state index contributed by atoms with van der Waals surface area (Å²) in [5.74, 6) is -3.32. The standard InChI is InChI=1S/C40H66N5O9P/c1-10-25(4)35(44(7)40(49)34(24(2)3)42-39(48)36-28-18-19-29(22-28)43(36)6)31(53-8)23-33(46)45-20-14-17-30(45)37(54-9)26(5)38(47)41-32(55(50,51)52)21-27-15-12-11-13-16-27/h11-13,15-16,24-26,28-32,34-37H,10,14,17-23H2,1-9H3,(H,41,47)(H,42,48)(H2,50,51,52)/t25-,26+,28-,29+,30-,31+,32+,34-,35-,36-,37+/m0/s1. The van der Waals surface area contributed by atoms with Gasteiger partial charge in [-0.25, -0.2) is 0 Å². The number of likely N-dealkylation sites (N-methyl/N-ethyl adjacent to an activating group) is 2. The molecule has 0 aromatic heterocycles. The molecule has 310 valence electrons. The second-order valence-electron chi connectivity index (χ2n) is 16.5. The van der Waals surface area contributed by atoms with Gasteiger partial charge in [0, 0.05) is 40.3 Å². The van der Waals surface area contributed by atoms with Crippen molar-refractivity contribution >= 4 is 31.2 Å². The van der Waals surface area contributed by atoms with Crippen LogP contribution in [0.2, 0.25) is 0 Å². The minimum absolute atomic E-state index is 0.0252. The Bertz CT molecular complexity index is 1510. The topological polar surface area (TPSA) is 178 Å². The first-order valence-electron chi connectivity index (χ1n) is 20.0. The number of ether oxygens (including phenoxy) is 2. The van der Waals surface area contributed by atoms with Gasteiger partial charge >= 0.3 is 7.60 Å². The number of benzene rings is 1. The highest BCUT2D eigenvalue weighted by Crippen LogP contribution is 2.42. The molecule has 4 amide bonds. The molecule has 14 nitrogen and oxygen atoms in total. The summed E-state index contributed by atoms with van der Waals surface area (Å²) in [4.78, 5) is 81.4. The molecule has 15 heteroatoms. The smallest absolute Gasteiger partial charge is 0.347 e. The summed E-state index contributed by atoms with van der Waals surface area (Å²) in [6, 6.07) is 7.28. The summed E-state index contributed by atoms with van der Waals surface area (Å²) in [6.07, 6.45) is 3.62. The predicted octanol–water partition coefficient (Wildman–Crippen LogP) is 3.39. The molecule has 2 bridgehead atoms. The van der Waals surface area contributed by atoms with Crippen molar-refractivity contribution in [2.24, 2.45) is 23.7 Å². The van der Waals surface area contributed by atoms with Crippen LogP contribution in [0.1, 0.15) is 85.1 Å². The van der Waals surface area contributed by atoms with E-state index in [1.807, 2.05) is 34.7 Å². The summed E-state index contributed by atoms with van der Waals surface area (Å²) in [6.45, 7) is 9.98. The van der Waals surface area contributed by atoms with Crippen LogP contribution in [0, 0.1) is 23.7 Å². The van der Waals surface area contributed by atoms with Gasteiger partial charge < -0.3 is 39.7 Å². The van der Waals surface area contributed by atoms with Gasteiger partial charge in [-0.15, -0.1) is 0 Å². The first kappa shape index (κ1) is 44.8. The number of hydrogen-bond donors (Lipinski definition) is 4. The molecular formula is C40H66N5O9P. The van der Waals surface area contributed by atoms with Crippen molar-refractivity contribution in [2.45, 2.75) is 134 Å². The van der Waals surface area contributed by atoms with E-state index in [0.717, 1.165) is 25.7 Å². The van der Waals surface area contributed by atoms with Crippen LogP contribution < -0.4 is 10.6 Å². The molecule has 2 aliphatic heterocycles. The molecule has 4 rings (SSSR count). The molecule has 3 fully saturated rings. The minimum atomic E-state index is -4.71. The average molecular weight is 792 g/mol. The number of piperidine rings is 1. The molecular weight excluding hydrogens is 725 g/mol. The molecule has 2 saturated heterocycles. The molecule has 2 heterocycles. The first-order valence-corrected chi connectivity index (χ1v) is 21.7. The third-order valence-electron chi connectivity index (χ3n) is 12.7. The van der Waals surface area contributed by atoms with E-state index in [2.05, 4.69) is 15.5 Å². The zero-order chi connectivity index (χ0) is 40.8. The zero-order valence-electron chi connectivity index (χ0n) is 34.2. The lowest BCUT2D eigenvalue weighted by Crippen LogP contribution is -2.60. The molecule has 4 N–H and O–H groups in total. The normalized spacial score (nSPS) is 25.2. The summed E-state index contributed by atoms with van der Waals surface area (Å²) >= 11 is 0. The largest absolute Gasteiger partial charge is 0.379 e. The van der Waals surface area contributed by atoms with Gasteiger partial charge in [0.05, 0.1) is 42.7 Å². The van der Waals surface area contributed by atoms with Crippen LogP contribution in [0.15, 0.2) is 30.3 Å². The van der Waals surface area contributed by atoms with Crippen molar-refractivity contribution in [1.82, 2.24) is 25.3 Å². The van der Waals surface area contributed by atoms with Crippen LogP contribution in [-0.2, 0) is 39.6 Å². The van der Waals surface area contributed by atoms with E-state index in [1.165, 1.54) is 14.2 Å². The molecule has 0 spiro atoms. The molecule has 1 aliphatic carbocycles. The van der Waals surface area contributed by atoms with Crippen LogP contribution in [0.3, 0.4) is 0 Å². The maximum atomic E-state index is 14.3. The van der Waals surface area contributed by atoms with Gasteiger partial charge in [-0.05, 0) is 62.5 Å². The van der Waals surface area contributed by atoms with Crippen LogP contribution >= 0.6 is 7.60 Å². The first-order chi connectivity index (χ1) is 25.9. The quantitative estimate of drug-likeness (QED) is 0.152. The minimum Gasteiger partial charge on any atom is -0.379 e. The Morgan fingerprint density at radius 3 is 2.22 bits per heavy atom. The molecule has 1 aromatic carbocycles. The number of carbonyl (C=O) groups is 4. The van der Waals surface area contributed by atoms with Gasteiger partial charge in [0.2, 0.25) is 23.6 Å². The Balaban J connectivity index is 1.47. The van der Waals surface area contributed by atoms with E-state index in [0.29, 0.717) is 36.9 Å². The number of methoxy groups -OCH3 is 2. The average Bonchev–Trinajstić information content (AvgIpc) is 3.90. The highest BCUT2D eigenvalue weighted by molar-refractivity contribution is 7.52. The predicted molar refractivity (Wildman–Crippen MR) is 210 cm³/mol. The molecule has 3 aliphatic rings. The fourth-order valence-electron chi connectivity index (χ4n) is 9.27. The van der Waals surface area contributed by atoms with Crippen LogP contribution in [0.25, 0.3) is 0 Å². The Hall–Kier alpha value is -2.87. The van der Waals surface area contributed by atoms with Gasteiger partial charge in [0.25, 0.3) is 0 Å². The third-order valence-corrected chi connectivity index (χ3v) is 13.8. The Morgan fingerprint density at radius 1 is 1.00 bits per heavy atom. The van der Waals surface area contributed by atoms with Crippen molar-refractivity contribution < 1.29 is 43.0 Å². The van der Waals surface area contributed by atoms with Crippen molar-refractivity contribution in [3.63, 3.8) is 0 Å². The second kappa shape index (κ2) is 19.5. The Kier molecular flexibility index (Phi) is 15.9. The summed E-state index contributed by atoms with van der Waals surface area (Å²) in [5.41, 5.74) is 0.670. The van der Waals surface area contributed by atoms with E-state index < -0.39 is 55.5 Å². The van der Waals surface area contributed by atoms with Gasteiger partial charge in [-0.3, -0.25) is 28.6 Å². The molecule has 0 unspecified atom stereocenters. The van der Waals surface area contributed by atoms with Gasteiger partial charge in [-0.1, -0.05) is 71.4 Å². The van der Waals surface area contributed by atoms with Crippen molar-refractivity contribution in [3.05, 3.63) is 35.9 Å². The van der Waals surface area contributed by atoms with E-state index in [9.17, 15) is 33.5 Å². The lowest BCUT2D eigenvalue weighted by molar-refractivity contribution is -0.148. The van der Waals surface area contributed by atoms with E-state index in [4.69, 9.17) is 9.47 Å². The number of rotatable bonds is 19. The van der Waals surface area contributed by atoms with E-state index in [-0.39, 0.29) is 48.4 Å². The van der Waals surface area contributed by atoms with Crippen molar-refractivity contribution in [2.75, 3.05) is 34.9 Å². The molecule has 0 radical (unpaired) electrons. The van der Waals surface area contributed by atoms with Gasteiger partial charge in [0.1, 0.15) is 11.8 Å². The summed E-state index contributed by atoms with van der Waals surface area (Å²) in [5, 5.41) is 5.67. The Labute approximate surface area is 327 Å². The lowest BCUT2D eigenvalue weighted by Gasteiger charge is -2.41. The zero-order valence-corrected chi connectivity index (χ0v) is 35.1. The monoisotopic (exact) mass is 791 g/mol. The second-order valence-corrected chi connectivity index (χ2v) is 18.3. The van der Waals surface area contributed by atoms with E-state index >= 15 is 0 Å². The lowest BCUT2D eigenvalue weighted by atomic mass is 9.89. The number of likely N-dealkylation sites (tertiary alicyclic amines) is 2. The summed E-state index contributed by atoms with van der Waals surface area (Å²) in [7, 11) is 2.02. The van der Waals surface area contributed by atoms with Crippen molar-refractivity contribution in [3.8, 4) is 0 Å². The maximum absolute atomic E-state index is 14.3. The van der Waals surface area contributed by atoms with E-state index in [1.54, 1.807) is 54.1 Å². The number of nitrogens with zero attached hydrogens (tertiary/aromatic N) is 3. The molecule has 55 heavy (non-hydrogen) atoms. The number of amides is 4. The van der Waals surface area contributed by atoms with Crippen LogP contribution in [0.5, 0.6) is 0 Å². The van der Waals surface area contributed by atoms with Crippen LogP contribution in [-0.4, -0.2) is 131 Å². The third kappa shape index (κ3) is 10.6. The molecule has 1 aromatic rings. The Morgan fingerprint density at radius 2 is 1.67 bits per heavy atom.